The Bertz CT molecular complexity index is 490. The molecule has 0 spiro atoms. The second-order valence-electron chi connectivity index (χ2n) is 3.03. The van der Waals surface area contributed by atoms with Gasteiger partial charge in [0, 0.05) is 5.56 Å². The molecule has 0 atom stereocenters. The van der Waals surface area contributed by atoms with Crippen LogP contribution >= 0.6 is 0 Å². The van der Waals surface area contributed by atoms with Crippen molar-refractivity contribution in [2.24, 2.45) is 5.73 Å². The van der Waals surface area contributed by atoms with Crippen molar-refractivity contribution in [2.75, 3.05) is 0 Å². The fraction of sp³-hybridized carbons (Fsp3) is 0. The summed E-state index contributed by atoms with van der Waals surface area (Å²) in [7, 11) is 0. The number of H-pyrrole nitrogens is 1. The monoisotopic (exact) mass is 205 g/mol. The van der Waals surface area contributed by atoms with Crippen LogP contribution in [0.4, 0.5) is 4.39 Å². The quantitative estimate of drug-likeness (QED) is 0.775. The van der Waals surface area contributed by atoms with E-state index in [1.54, 1.807) is 12.1 Å². The number of carbonyl (C=O) groups is 1. The molecule has 1 heterocycles. The van der Waals surface area contributed by atoms with Crippen LogP contribution in [0.2, 0.25) is 0 Å². The highest BCUT2D eigenvalue weighted by Crippen LogP contribution is 2.20. The molecular weight excluding hydrogens is 197 g/mol. The van der Waals surface area contributed by atoms with Crippen LogP contribution in [0.1, 0.15) is 10.4 Å². The highest BCUT2D eigenvalue weighted by Gasteiger charge is 2.11. The maximum atomic E-state index is 12.7. The van der Waals surface area contributed by atoms with Gasteiger partial charge in [-0.05, 0) is 24.3 Å². The number of aromatic nitrogens is 2. The minimum absolute atomic E-state index is 0.293. The number of hydrogen-bond acceptors (Lipinski definition) is 2. The standard InChI is InChI=1S/C10H8FN3O/c11-7-3-1-6(2-4-7)9-8(10(12)15)5-13-14-9/h1-5H,(H2,12,15)(H,13,14). The number of nitrogens with two attached hydrogens (primary N) is 1. The molecule has 2 aromatic rings. The van der Waals surface area contributed by atoms with Crippen LogP contribution < -0.4 is 5.73 Å². The second-order valence-corrected chi connectivity index (χ2v) is 3.03. The van der Waals surface area contributed by atoms with E-state index in [9.17, 15) is 9.18 Å². The van der Waals surface area contributed by atoms with Crippen molar-refractivity contribution in [3.63, 3.8) is 0 Å². The molecule has 0 fully saturated rings. The molecule has 1 aromatic carbocycles. The predicted molar refractivity (Wildman–Crippen MR) is 52.5 cm³/mol. The first-order valence-corrected chi connectivity index (χ1v) is 4.27. The van der Waals surface area contributed by atoms with Gasteiger partial charge in [0.05, 0.1) is 17.5 Å². The lowest BCUT2D eigenvalue weighted by Gasteiger charge is -1.99. The van der Waals surface area contributed by atoms with Gasteiger partial charge in [0.1, 0.15) is 5.82 Å². The molecule has 0 radical (unpaired) electrons. The molecule has 4 nitrogen and oxygen atoms in total. The number of benzene rings is 1. The minimum atomic E-state index is -0.567. The first kappa shape index (κ1) is 9.39. The fourth-order valence-electron chi connectivity index (χ4n) is 1.31. The average molecular weight is 205 g/mol. The highest BCUT2D eigenvalue weighted by molar-refractivity contribution is 5.98. The zero-order valence-electron chi connectivity index (χ0n) is 7.70. The summed E-state index contributed by atoms with van der Waals surface area (Å²) in [5.74, 6) is -0.901. The zero-order chi connectivity index (χ0) is 10.8. The molecule has 1 amide bonds. The molecule has 0 aliphatic heterocycles. The van der Waals surface area contributed by atoms with Crippen LogP contribution in [0.15, 0.2) is 30.5 Å². The third-order valence-corrected chi connectivity index (χ3v) is 2.04. The van der Waals surface area contributed by atoms with Crippen molar-refractivity contribution in [2.45, 2.75) is 0 Å². The number of rotatable bonds is 2. The molecule has 1 aromatic heterocycles. The summed E-state index contributed by atoms with van der Waals surface area (Å²) in [4.78, 5) is 11.0. The lowest BCUT2D eigenvalue weighted by Crippen LogP contribution is -2.11. The molecule has 0 saturated carbocycles. The van der Waals surface area contributed by atoms with E-state index >= 15 is 0 Å². The summed E-state index contributed by atoms with van der Waals surface area (Å²) in [6, 6.07) is 5.71. The fourth-order valence-corrected chi connectivity index (χ4v) is 1.31. The van der Waals surface area contributed by atoms with Crippen LogP contribution in [0.5, 0.6) is 0 Å². The van der Waals surface area contributed by atoms with Gasteiger partial charge in [-0.15, -0.1) is 0 Å². The van der Waals surface area contributed by atoms with Crippen LogP contribution in [0.25, 0.3) is 11.3 Å². The lowest BCUT2D eigenvalue weighted by atomic mass is 10.1. The number of nitrogens with zero attached hydrogens (tertiary/aromatic N) is 1. The van der Waals surface area contributed by atoms with Gasteiger partial charge in [-0.25, -0.2) is 4.39 Å². The van der Waals surface area contributed by atoms with Crippen molar-refractivity contribution in [3.8, 4) is 11.3 Å². The Hall–Kier alpha value is -2.17. The number of halogens is 1. The van der Waals surface area contributed by atoms with E-state index in [0.717, 1.165) is 0 Å². The Morgan fingerprint density at radius 2 is 2.00 bits per heavy atom. The van der Waals surface area contributed by atoms with E-state index in [0.29, 0.717) is 16.8 Å². The van der Waals surface area contributed by atoms with Crippen LogP contribution in [-0.4, -0.2) is 16.1 Å². The molecule has 0 aliphatic carbocycles. The van der Waals surface area contributed by atoms with Crippen LogP contribution in [-0.2, 0) is 0 Å². The Balaban J connectivity index is 2.49. The third kappa shape index (κ3) is 1.71. The maximum Gasteiger partial charge on any atom is 0.252 e. The van der Waals surface area contributed by atoms with Gasteiger partial charge in [0.2, 0.25) is 0 Å². The number of carbonyl (C=O) groups excluding carboxylic acids is 1. The van der Waals surface area contributed by atoms with Crippen molar-refractivity contribution in [1.29, 1.82) is 0 Å². The Kier molecular flexibility index (Phi) is 2.21. The Labute approximate surface area is 84.9 Å². The van der Waals surface area contributed by atoms with E-state index in [4.69, 9.17) is 5.73 Å². The summed E-state index contributed by atoms with van der Waals surface area (Å²) in [5.41, 5.74) is 6.62. The van der Waals surface area contributed by atoms with E-state index in [1.807, 2.05) is 0 Å². The summed E-state index contributed by atoms with van der Waals surface area (Å²) >= 11 is 0. The molecule has 0 bridgehead atoms. The van der Waals surface area contributed by atoms with Gasteiger partial charge in [0.25, 0.3) is 5.91 Å². The first-order chi connectivity index (χ1) is 7.18. The number of aromatic amines is 1. The van der Waals surface area contributed by atoms with Gasteiger partial charge in [-0.2, -0.15) is 5.10 Å². The minimum Gasteiger partial charge on any atom is -0.365 e. The average Bonchev–Trinajstić information content (AvgIpc) is 2.67. The summed E-state index contributed by atoms with van der Waals surface area (Å²) in [5, 5.41) is 6.37. The second kappa shape index (κ2) is 3.53. The zero-order valence-corrected chi connectivity index (χ0v) is 7.70. The molecule has 0 saturated heterocycles. The van der Waals surface area contributed by atoms with Gasteiger partial charge in [-0.3, -0.25) is 9.89 Å². The number of hydrogen-bond donors (Lipinski definition) is 2. The van der Waals surface area contributed by atoms with E-state index in [2.05, 4.69) is 10.2 Å². The lowest BCUT2D eigenvalue weighted by molar-refractivity contribution is 0.100. The topological polar surface area (TPSA) is 71.8 Å². The SMILES string of the molecule is NC(=O)c1cn[nH]c1-c1ccc(F)cc1. The maximum absolute atomic E-state index is 12.7. The Morgan fingerprint density at radius 3 is 2.60 bits per heavy atom. The smallest absolute Gasteiger partial charge is 0.252 e. The van der Waals surface area contributed by atoms with E-state index in [-0.39, 0.29) is 5.82 Å². The predicted octanol–water partition coefficient (Wildman–Crippen LogP) is 1.31. The van der Waals surface area contributed by atoms with Crippen molar-refractivity contribution in [3.05, 3.63) is 41.8 Å². The van der Waals surface area contributed by atoms with Crippen LogP contribution in [0.3, 0.4) is 0 Å². The van der Waals surface area contributed by atoms with Crippen LogP contribution in [0, 0.1) is 5.82 Å². The molecule has 2 rings (SSSR count). The molecule has 5 heteroatoms. The molecular formula is C10H8FN3O. The van der Waals surface area contributed by atoms with Gasteiger partial charge >= 0.3 is 0 Å². The molecule has 15 heavy (non-hydrogen) atoms. The highest BCUT2D eigenvalue weighted by atomic mass is 19.1. The van der Waals surface area contributed by atoms with Crippen molar-refractivity contribution >= 4 is 5.91 Å². The molecule has 3 N–H and O–H groups in total. The number of nitrogens with one attached hydrogen (secondary N) is 1. The van der Waals surface area contributed by atoms with E-state index < -0.39 is 5.91 Å². The van der Waals surface area contributed by atoms with Crippen molar-refractivity contribution in [1.82, 2.24) is 10.2 Å². The van der Waals surface area contributed by atoms with Gasteiger partial charge in [-0.1, -0.05) is 0 Å². The summed E-state index contributed by atoms with van der Waals surface area (Å²) < 4.78 is 12.7. The number of primary amides is 1. The molecule has 0 unspecified atom stereocenters. The summed E-state index contributed by atoms with van der Waals surface area (Å²) in [6.07, 6.45) is 1.35. The van der Waals surface area contributed by atoms with Gasteiger partial charge in [0.15, 0.2) is 0 Å². The number of amides is 1. The van der Waals surface area contributed by atoms with E-state index in [1.165, 1.54) is 18.3 Å². The third-order valence-electron chi connectivity index (χ3n) is 2.04. The Morgan fingerprint density at radius 1 is 1.33 bits per heavy atom. The first-order valence-electron chi connectivity index (χ1n) is 4.27. The largest absolute Gasteiger partial charge is 0.365 e. The van der Waals surface area contributed by atoms with Gasteiger partial charge < -0.3 is 5.73 Å². The summed E-state index contributed by atoms with van der Waals surface area (Å²) in [6.45, 7) is 0. The van der Waals surface area contributed by atoms with Crippen molar-refractivity contribution < 1.29 is 9.18 Å². The normalized spacial score (nSPS) is 10.2. The molecule has 76 valence electrons. The molecule has 0 aliphatic rings.